The average Bonchev–Trinajstić information content (AvgIpc) is 2.40. The predicted octanol–water partition coefficient (Wildman–Crippen LogP) is 0.969. The minimum atomic E-state index is -0.0683. The molecule has 0 aliphatic carbocycles. The Hall–Kier alpha value is -1.04. The number of anilines is 1. The molecule has 0 aromatic carbocycles. The van der Waals surface area contributed by atoms with Gasteiger partial charge in [-0.3, -0.25) is 4.79 Å². The summed E-state index contributed by atoms with van der Waals surface area (Å²) in [5.41, 5.74) is 5.28. The minimum Gasteiger partial charge on any atom is -0.356 e. The van der Waals surface area contributed by atoms with Crippen LogP contribution >= 0.6 is 24.8 Å². The number of piperidine rings is 1. The van der Waals surface area contributed by atoms with E-state index >= 15 is 0 Å². The van der Waals surface area contributed by atoms with Gasteiger partial charge in [-0.2, -0.15) is 0 Å². The van der Waals surface area contributed by atoms with E-state index in [9.17, 15) is 4.79 Å². The summed E-state index contributed by atoms with van der Waals surface area (Å²) in [6.45, 7) is 1.92. The van der Waals surface area contributed by atoms with Gasteiger partial charge in [0.15, 0.2) is 0 Å². The molecule has 108 valence electrons. The topological polar surface area (TPSA) is 71.2 Å². The SMILES string of the molecule is Cl.Cl.NCC(=O)NC1CCN(c2ccccn2)CC1. The number of amides is 1. The van der Waals surface area contributed by atoms with Crippen molar-refractivity contribution in [2.45, 2.75) is 18.9 Å². The molecular weight excluding hydrogens is 287 g/mol. The molecule has 7 heteroatoms. The zero-order valence-corrected chi connectivity index (χ0v) is 12.3. The Kier molecular flexibility index (Phi) is 8.47. The van der Waals surface area contributed by atoms with Crippen LogP contribution in [0.2, 0.25) is 0 Å². The second-order valence-electron chi connectivity index (χ2n) is 4.22. The van der Waals surface area contributed by atoms with Crippen LogP contribution in [0.25, 0.3) is 0 Å². The van der Waals surface area contributed by atoms with Crippen molar-refractivity contribution in [3.05, 3.63) is 24.4 Å². The highest BCUT2D eigenvalue weighted by atomic mass is 35.5. The number of nitrogens with two attached hydrogens (primary N) is 1. The molecule has 3 N–H and O–H groups in total. The van der Waals surface area contributed by atoms with Crippen LogP contribution in [0.5, 0.6) is 0 Å². The summed E-state index contributed by atoms with van der Waals surface area (Å²) in [5.74, 6) is 0.942. The lowest BCUT2D eigenvalue weighted by Crippen LogP contribution is -2.46. The Bertz CT molecular complexity index is 369. The van der Waals surface area contributed by atoms with Crippen LogP contribution < -0.4 is 16.0 Å². The van der Waals surface area contributed by atoms with Gasteiger partial charge in [-0.1, -0.05) is 6.07 Å². The molecule has 1 aliphatic heterocycles. The number of hydrogen-bond acceptors (Lipinski definition) is 4. The summed E-state index contributed by atoms with van der Waals surface area (Å²) >= 11 is 0. The number of nitrogens with one attached hydrogen (secondary N) is 1. The van der Waals surface area contributed by atoms with E-state index < -0.39 is 0 Å². The van der Waals surface area contributed by atoms with E-state index in [1.165, 1.54) is 0 Å². The normalized spacial score (nSPS) is 15.1. The van der Waals surface area contributed by atoms with Crippen LogP contribution in [-0.2, 0) is 4.79 Å². The number of carbonyl (C=O) groups excluding carboxylic acids is 1. The van der Waals surface area contributed by atoms with Gasteiger partial charge in [0.1, 0.15) is 5.82 Å². The van der Waals surface area contributed by atoms with E-state index in [2.05, 4.69) is 15.2 Å². The van der Waals surface area contributed by atoms with Crippen molar-refractivity contribution in [2.75, 3.05) is 24.5 Å². The highest BCUT2D eigenvalue weighted by Crippen LogP contribution is 2.16. The summed E-state index contributed by atoms with van der Waals surface area (Å²) in [7, 11) is 0. The molecule has 5 nitrogen and oxygen atoms in total. The fourth-order valence-corrected chi connectivity index (χ4v) is 2.08. The molecule has 1 fully saturated rings. The third kappa shape index (κ3) is 5.22. The van der Waals surface area contributed by atoms with Gasteiger partial charge < -0.3 is 16.0 Å². The van der Waals surface area contributed by atoms with Crippen LogP contribution in [0, 0.1) is 0 Å². The van der Waals surface area contributed by atoms with Crippen molar-refractivity contribution in [1.82, 2.24) is 10.3 Å². The van der Waals surface area contributed by atoms with E-state index in [0.717, 1.165) is 31.7 Å². The third-order valence-electron chi connectivity index (χ3n) is 3.02. The standard InChI is InChI=1S/C12H18N4O.2ClH/c13-9-12(17)15-10-4-7-16(8-5-10)11-3-1-2-6-14-11;;/h1-3,6,10H,4-5,7-9,13H2,(H,15,17);2*1H. The van der Waals surface area contributed by atoms with Gasteiger partial charge in [-0.15, -0.1) is 24.8 Å². The monoisotopic (exact) mass is 306 g/mol. The predicted molar refractivity (Wildman–Crippen MR) is 81.2 cm³/mol. The third-order valence-corrected chi connectivity index (χ3v) is 3.02. The number of rotatable bonds is 3. The van der Waals surface area contributed by atoms with Crippen molar-refractivity contribution < 1.29 is 4.79 Å². The molecule has 0 atom stereocenters. The molecule has 0 unspecified atom stereocenters. The number of hydrogen-bond donors (Lipinski definition) is 2. The fourth-order valence-electron chi connectivity index (χ4n) is 2.08. The highest BCUT2D eigenvalue weighted by Gasteiger charge is 2.20. The van der Waals surface area contributed by atoms with Crippen LogP contribution in [0.4, 0.5) is 5.82 Å². The molecule has 1 saturated heterocycles. The van der Waals surface area contributed by atoms with Gasteiger partial charge in [0, 0.05) is 25.3 Å². The van der Waals surface area contributed by atoms with E-state index in [1.807, 2.05) is 18.2 Å². The number of nitrogens with zero attached hydrogens (tertiary/aromatic N) is 2. The Morgan fingerprint density at radius 1 is 1.37 bits per heavy atom. The first-order valence-corrected chi connectivity index (χ1v) is 5.95. The zero-order valence-electron chi connectivity index (χ0n) is 10.6. The largest absolute Gasteiger partial charge is 0.356 e. The van der Waals surface area contributed by atoms with Crippen molar-refractivity contribution >= 4 is 36.5 Å². The first-order valence-electron chi connectivity index (χ1n) is 5.95. The Labute approximate surface area is 125 Å². The molecule has 19 heavy (non-hydrogen) atoms. The first-order chi connectivity index (χ1) is 8.29. The van der Waals surface area contributed by atoms with E-state index in [-0.39, 0.29) is 43.3 Å². The second-order valence-corrected chi connectivity index (χ2v) is 4.22. The lowest BCUT2D eigenvalue weighted by molar-refractivity contribution is -0.120. The highest BCUT2D eigenvalue weighted by molar-refractivity contribution is 5.85. The lowest BCUT2D eigenvalue weighted by atomic mass is 10.1. The van der Waals surface area contributed by atoms with Gasteiger partial charge in [0.05, 0.1) is 6.54 Å². The van der Waals surface area contributed by atoms with Crippen molar-refractivity contribution in [1.29, 1.82) is 0 Å². The molecule has 0 saturated carbocycles. The molecule has 2 heterocycles. The molecule has 2 rings (SSSR count). The first kappa shape index (κ1) is 18.0. The maximum Gasteiger partial charge on any atom is 0.233 e. The van der Waals surface area contributed by atoms with E-state index in [4.69, 9.17) is 5.73 Å². The van der Waals surface area contributed by atoms with Crippen molar-refractivity contribution in [3.63, 3.8) is 0 Å². The molecule has 1 aromatic heterocycles. The molecule has 1 aromatic rings. The van der Waals surface area contributed by atoms with Crippen LogP contribution in [-0.4, -0.2) is 36.6 Å². The molecule has 0 bridgehead atoms. The second kappa shape index (κ2) is 8.96. The molecule has 0 radical (unpaired) electrons. The summed E-state index contributed by atoms with van der Waals surface area (Å²) in [6, 6.07) is 6.17. The quantitative estimate of drug-likeness (QED) is 0.873. The van der Waals surface area contributed by atoms with Gasteiger partial charge in [-0.25, -0.2) is 4.98 Å². The number of pyridine rings is 1. The van der Waals surface area contributed by atoms with Gasteiger partial charge in [0.2, 0.25) is 5.91 Å². The van der Waals surface area contributed by atoms with Crippen molar-refractivity contribution in [3.8, 4) is 0 Å². The van der Waals surface area contributed by atoms with Gasteiger partial charge in [-0.05, 0) is 25.0 Å². The van der Waals surface area contributed by atoms with Crippen molar-refractivity contribution in [2.24, 2.45) is 5.73 Å². The van der Waals surface area contributed by atoms with Crippen LogP contribution in [0.3, 0.4) is 0 Å². The number of carbonyl (C=O) groups is 1. The maximum absolute atomic E-state index is 11.2. The van der Waals surface area contributed by atoms with Crippen LogP contribution in [0.1, 0.15) is 12.8 Å². The maximum atomic E-state index is 11.2. The summed E-state index contributed by atoms with van der Waals surface area (Å²) in [5, 5.41) is 2.93. The Morgan fingerprint density at radius 2 is 2.05 bits per heavy atom. The van der Waals surface area contributed by atoms with Gasteiger partial charge >= 0.3 is 0 Å². The average molecular weight is 307 g/mol. The smallest absolute Gasteiger partial charge is 0.233 e. The molecule has 1 aliphatic rings. The Morgan fingerprint density at radius 3 is 2.58 bits per heavy atom. The lowest BCUT2D eigenvalue weighted by Gasteiger charge is -2.33. The summed E-state index contributed by atoms with van der Waals surface area (Å²) < 4.78 is 0. The molecular formula is C12H20Cl2N4O. The fraction of sp³-hybridized carbons (Fsp3) is 0.500. The summed E-state index contributed by atoms with van der Waals surface area (Å²) in [4.78, 5) is 17.7. The van der Waals surface area contributed by atoms with E-state index in [0.29, 0.717) is 0 Å². The Balaban J connectivity index is 0.00000162. The number of aromatic nitrogens is 1. The summed E-state index contributed by atoms with van der Waals surface area (Å²) in [6.07, 6.45) is 3.70. The van der Waals surface area contributed by atoms with Gasteiger partial charge in [0.25, 0.3) is 0 Å². The minimum absolute atomic E-state index is 0. The molecule has 1 amide bonds. The van der Waals surface area contributed by atoms with E-state index in [1.54, 1.807) is 6.20 Å². The molecule has 0 spiro atoms. The zero-order chi connectivity index (χ0) is 12.1. The number of halogens is 2. The van der Waals surface area contributed by atoms with Crippen LogP contribution in [0.15, 0.2) is 24.4 Å².